The molecule has 1 saturated carbocycles. The number of aryl methyl sites for hydroxylation is 1. The second-order valence-corrected chi connectivity index (χ2v) is 5.83. The van der Waals surface area contributed by atoms with Crippen LogP contribution < -0.4 is 5.32 Å². The Kier molecular flexibility index (Phi) is 7.32. The summed E-state index contributed by atoms with van der Waals surface area (Å²) in [5, 5.41) is 3.46. The summed E-state index contributed by atoms with van der Waals surface area (Å²) in [5.41, 5.74) is 2.90. The highest BCUT2D eigenvalue weighted by Gasteiger charge is 2.33. The molecule has 0 radical (unpaired) electrons. The van der Waals surface area contributed by atoms with Crippen molar-refractivity contribution in [3.05, 3.63) is 35.4 Å². The van der Waals surface area contributed by atoms with E-state index in [1.165, 1.54) is 43.5 Å². The zero-order valence-electron chi connectivity index (χ0n) is 12.2. The monoisotopic (exact) mass is 316 g/mol. The largest absolute Gasteiger partial charge is 0.314 e. The summed E-state index contributed by atoms with van der Waals surface area (Å²) < 4.78 is 0. The molecule has 20 heavy (non-hydrogen) atoms. The third kappa shape index (κ3) is 3.88. The minimum atomic E-state index is 0. The first-order valence-corrected chi connectivity index (χ1v) is 7.36. The molecule has 2 aliphatic rings. The predicted molar refractivity (Wildman–Crippen MR) is 90.2 cm³/mol. The predicted octanol–water partition coefficient (Wildman–Crippen LogP) is 3.59. The van der Waals surface area contributed by atoms with Crippen molar-refractivity contribution in [1.29, 1.82) is 0 Å². The highest BCUT2D eigenvalue weighted by atomic mass is 35.5. The van der Waals surface area contributed by atoms with Crippen molar-refractivity contribution in [3.8, 4) is 0 Å². The van der Waals surface area contributed by atoms with E-state index in [2.05, 4.69) is 41.4 Å². The summed E-state index contributed by atoms with van der Waals surface area (Å²) in [6.07, 6.45) is 4.27. The lowest BCUT2D eigenvalue weighted by Crippen LogP contribution is -2.47. The molecule has 1 aromatic carbocycles. The Bertz CT molecular complexity index is 384. The Hall–Kier alpha value is -0.280. The van der Waals surface area contributed by atoms with E-state index in [1.54, 1.807) is 0 Å². The van der Waals surface area contributed by atoms with Crippen LogP contribution in [-0.2, 0) is 0 Å². The van der Waals surface area contributed by atoms with Gasteiger partial charge in [-0.25, -0.2) is 0 Å². The van der Waals surface area contributed by atoms with Crippen molar-refractivity contribution < 1.29 is 0 Å². The number of benzene rings is 1. The fraction of sp³-hybridized carbons (Fsp3) is 0.625. The molecule has 0 spiro atoms. The van der Waals surface area contributed by atoms with Gasteiger partial charge in [-0.3, -0.25) is 4.90 Å². The zero-order chi connectivity index (χ0) is 12.4. The van der Waals surface area contributed by atoms with Crippen LogP contribution in [0.4, 0.5) is 0 Å². The van der Waals surface area contributed by atoms with Crippen LogP contribution in [0.1, 0.15) is 36.4 Å². The van der Waals surface area contributed by atoms with Gasteiger partial charge in [-0.15, -0.1) is 24.8 Å². The Morgan fingerprint density at radius 2 is 1.65 bits per heavy atom. The normalized spacial score (nSPS) is 21.2. The molecule has 1 aliphatic heterocycles. The third-order valence-electron chi connectivity index (χ3n) is 4.56. The van der Waals surface area contributed by atoms with E-state index in [-0.39, 0.29) is 24.8 Å². The van der Waals surface area contributed by atoms with E-state index in [0.717, 1.165) is 19.0 Å². The first-order valence-electron chi connectivity index (χ1n) is 7.36. The van der Waals surface area contributed by atoms with Gasteiger partial charge >= 0.3 is 0 Å². The summed E-state index contributed by atoms with van der Waals surface area (Å²) in [4.78, 5) is 2.70. The molecule has 4 heteroatoms. The number of rotatable bonds is 3. The number of nitrogens with one attached hydrogen (secondary N) is 1. The van der Waals surface area contributed by atoms with Gasteiger partial charge in [0.15, 0.2) is 0 Å². The lowest BCUT2D eigenvalue weighted by Gasteiger charge is -2.43. The molecule has 1 aromatic rings. The van der Waals surface area contributed by atoms with Gasteiger partial charge < -0.3 is 5.32 Å². The van der Waals surface area contributed by atoms with Gasteiger partial charge in [0.05, 0.1) is 0 Å². The van der Waals surface area contributed by atoms with Crippen molar-refractivity contribution in [3.63, 3.8) is 0 Å². The van der Waals surface area contributed by atoms with Gasteiger partial charge in [0.25, 0.3) is 0 Å². The van der Waals surface area contributed by atoms with Crippen LogP contribution in [0.3, 0.4) is 0 Å². The molecular formula is C16H26Cl2N2. The van der Waals surface area contributed by atoms with Crippen LogP contribution in [0.2, 0.25) is 0 Å². The van der Waals surface area contributed by atoms with Gasteiger partial charge in [-0.1, -0.05) is 36.2 Å². The number of piperazine rings is 1. The SMILES string of the molecule is Cc1ccc([C@H](C2CCC2)N2CCNCC2)cc1.Cl.Cl. The highest BCUT2D eigenvalue weighted by molar-refractivity contribution is 5.85. The van der Waals surface area contributed by atoms with E-state index >= 15 is 0 Å². The number of hydrogen-bond donors (Lipinski definition) is 1. The molecule has 2 fully saturated rings. The van der Waals surface area contributed by atoms with Crippen LogP contribution in [0.5, 0.6) is 0 Å². The van der Waals surface area contributed by atoms with E-state index < -0.39 is 0 Å². The van der Waals surface area contributed by atoms with Crippen LogP contribution in [0, 0.1) is 12.8 Å². The highest BCUT2D eigenvalue weighted by Crippen LogP contribution is 2.41. The molecule has 3 rings (SSSR count). The second kappa shape index (κ2) is 8.23. The Morgan fingerprint density at radius 3 is 2.15 bits per heavy atom. The van der Waals surface area contributed by atoms with E-state index in [1.807, 2.05) is 0 Å². The summed E-state index contributed by atoms with van der Waals surface area (Å²) >= 11 is 0. The smallest absolute Gasteiger partial charge is 0.0377 e. The van der Waals surface area contributed by atoms with Crippen molar-refractivity contribution in [1.82, 2.24) is 10.2 Å². The first kappa shape index (κ1) is 17.8. The molecule has 114 valence electrons. The van der Waals surface area contributed by atoms with Gasteiger partial charge in [-0.2, -0.15) is 0 Å². The Labute approximate surface area is 135 Å². The lowest BCUT2D eigenvalue weighted by atomic mass is 9.76. The van der Waals surface area contributed by atoms with Crippen molar-refractivity contribution >= 4 is 24.8 Å². The van der Waals surface area contributed by atoms with E-state index in [4.69, 9.17) is 0 Å². The minimum absolute atomic E-state index is 0. The fourth-order valence-corrected chi connectivity index (χ4v) is 3.26. The van der Waals surface area contributed by atoms with Gasteiger partial charge in [0.1, 0.15) is 0 Å². The van der Waals surface area contributed by atoms with Gasteiger partial charge in [0.2, 0.25) is 0 Å². The zero-order valence-corrected chi connectivity index (χ0v) is 13.8. The average Bonchev–Trinajstić information content (AvgIpc) is 2.36. The lowest BCUT2D eigenvalue weighted by molar-refractivity contribution is 0.0837. The number of halogens is 2. The molecule has 0 aromatic heterocycles. The molecule has 1 aliphatic carbocycles. The standard InChI is InChI=1S/C16H24N2.2ClH/c1-13-5-7-15(8-6-13)16(14-3-2-4-14)18-11-9-17-10-12-18;;/h5-8,14,16-17H,2-4,9-12H2,1H3;2*1H/t16-;;/m0../s1. The van der Waals surface area contributed by atoms with Crippen molar-refractivity contribution in [2.75, 3.05) is 26.2 Å². The van der Waals surface area contributed by atoms with Crippen LogP contribution in [0.15, 0.2) is 24.3 Å². The molecular weight excluding hydrogens is 291 g/mol. The molecule has 1 atom stereocenters. The molecule has 2 nitrogen and oxygen atoms in total. The maximum absolute atomic E-state index is 3.46. The van der Waals surface area contributed by atoms with Gasteiger partial charge in [-0.05, 0) is 31.2 Å². The Balaban J connectivity index is 0.000001000. The summed E-state index contributed by atoms with van der Waals surface area (Å²) in [5.74, 6) is 0.894. The third-order valence-corrected chi connectivity index (χ3v) is 4.56. The fourth-order valence-electron chi connectivity index (χ4n) is 3.26. The molecule has 1 N–H and O–H groups in total. The van der Waals surface area contributed by atoms with Gasteiger partial charge in [0, 0.05) is 32.2 Å². The maximum Gasteiger partial charge on any atom is 0.0377 e. The molecule has 1 saturated heterocycles. The first-order chi connectivity index (χ1) is 8.84. The molecule has 0 amide bonds. The Morgan fingerprint density at radius 1 is 1.05 bits per heavy atom. The van der Waals surface area contributed by atoms with Crippen LogP contribution in [0.25, 0.3) is 0 Å². The van der Waals surface area contributed by atoms with Crippen LogP contribution in [-0.4, -0.2) is 31.1 Å². The number of hydrogen-bond acceptors (Lipinski definition) is 2. The second-order valence-electron chi connectivity index (χ2n) is 5.83. The summed E-state index contributed by atoms with van der Waals surface area (Å²) in [6.45, 7) is 6.88. The average molecular weight is 317 g/mol. The quantitative estimate of drug-likeness (QED) is 0.916. The van der Waals surface area contributed by atoms with E-state index in [9.17, 15) is 0 Å². The van der Waals surface area contributed by atoms with Crippen molar-refractivity contribution in [2.24, 2.45) is 5.92 Å². The van der Waals surface area contributed by atoms with Crippen molar-refractivity contribution in [2.45, 2.75) is 32.2 Å². The topological polar surface area (TPSA) is 15.3 Å². The van der Waals surface area contributed by atoms with E-state index in [0.29, 0.717) is 6.04 Å². The molecule has 0 unspecified atom stereocenters. The summed E-state index contributed by atoms with van der Waals surface area (Å²) in [7, 11) is 0. The maximum atomic E-state index is 3.46. The molecule has 1 heterocycles. The molecule has 0 bridgehead atoms. The van der Waals surface area contributed by atoms with Crippen LogP contribution >= 0.6 is 24.8 Å². The number of nitrogens with zero attached hydrogens (tertiary/aromatic N) is 1. The minimum Gasteiger partial charge on any atom is -0.314 e. The summed E-state index contributed by atoms with van der Waals surface area (Å²) in [6, 6.07) is 9.90.